The lowest BCUT2D eigenvalue weighted by Gasteiger charge is -2.06. The second kappa shape index (κ2) is 8.88. The van der Waals surface area contributed by atoms with Gasteiger partial charge in [0, 0.05) is 29.4 Å². The number of para-hydroxylation sites is 1. The summed E-state index contributed by atoms with van der Waals surface area (Å²) in [6, 6.07) is 10.5. The lowest BCUT2D eigenvalue weighted by molar-refractivity contribution is -0.472. The predicted octanol–water partition coefficient (Wildman–Crippen LogP) is 3.26. The minimum absolute atomic E-state index is 0.322. The molecular weight excluding hydrogens is 330 g/mol. The predicted molar refractivity (Wildman–Crippen MR) is 94.5 cm³/mol. The van der Waals surface area contributed by atoms with Gasteiger partial charge in [-0.25, -0.2) is 0 Å². The maximum atomic E-state index is 11.8. The average Bonchev–Trinajstić information content (AvgIpc) is 3.01. The van der Waals surface area contributed by atoms with Crippen molar-refractivity contribution in [2.75, 3.05) is 12.4 Å². The van der Waals surface area contributed by atoms with Crippen molar-refractivity contribution in [3.8, 4) is 5.19 Å². The molecular formula is C16H22N3O2S2+. The van der Waals surface area contributed by atoms with Crippen molar-refractivity contribution >= 4 is 34.2 Å². The Morgan fingerprint density at radius 3 is 2.74 bits per heavy atom. The highest BCUT2D eigenvalue weighted by atomic mass is 32.2. The minimum atomic E-state index is -1.13. The van der Waals surface area contributed by atoms with Crippen LogP contribution < -0.4 is 4.74 Å². The Morgan fingerprint density at radius 1 is 1.35 bits per heavy atom. The molecule has 1 unspecified atom stereocenters. The van der Waals surface area contributed by atoms with E-state index >= 15 is 0 Å². The van der Waals surface area contributed by atoms with Gasteiger partial charge in [0.2, 0.25) is 10.8 Å². The number of ether oxygens (including phenoxy) is 1. The monoisotopic (exact) mass is 352 g/mol. The van der Waals surface area contributed by atoms with Crippen LogP contribution >= 0.6 is 11.5 Å². The van der Waals surface area contributed by atoms with Crippen LogP contribution in [0.5, 0.6) is 5.19 Å². The average molecular weight is 353 g/mol. The van der Waals surface area contributed by atoms with Gasteiger partial charge in [-0.3, -0.25) is 4.21 Å². The summed E-state index contributed by atoms with van der Waals surface area (Å²) in [5, 5.41) is 0.827. The van der Waals surface area contributed by atoms with Crippen molar-refractivity contribution in [1.82, 2.24) is 9.36 Å². The van der Waals surface area contributed by atoms with Gasteiger partial charge in [0.15, 0.2) is 18.9 Å². The van der Waals surface area contributed by atoms with Crippen molar-refractivity contribution < 1.29 is 13.5 Å². The molecule has 23 heavy (non-hydrogen) atoms. The molecule has 0 bridgehead atoms. The molecule has 7 heteroatoms. The molecule has 5 nitrogen and oxygen atoms in total. The number of benzene rings is 1. The van der Waals surface area contributed by atoms with Gasteiger partial charge in [-0.15, -0.1) is 0 Å². The molecule has 0 N–H and O–H groups in total. The molecule has 0 amide bonds. The summed E-state index contributed by atoms with van der Waals surface area (Å²) in [4.78, 5) is 4.19. The number of nitrogens with zero attached hydrogens (tertiary/aromatic N) is 3. The molecule has 2 aromatic rings. The smallest absolute Gasteiger partial charge is 0.294 e. The SMILES string of the molecule is CCCS(=O)c1nsc(OCC=[N+](c2ccccc2)C(C)C)n1. The summed E-state index contributed by atoms with van der Waals surface area (Å²) in [6.45, 7) is 6.63. The highest BCUT2D eigenvalue weighted by Crippen LogP contribution is 2.17. The largest absolute Gasteiger partial charge is 0.458 e. The molecule has 0 saturated carbocycles. The summed E-state index contributed by atoms with van der Waals surface area (Å²) in [7, 11) is -1.13. The third-order valence-electron chi connectivity index (χ3n) is 3.07. The molecule has 0 aliphatic heterocycles. The summed E-state index contributed by atoms with van der Waals surface area (Å²) in [5.74, 6) is 0.581. The van der Waals surface area contributed by atoms with Crippen molar-refractivity contribution in [2.45, 2.75) is 38.4 Å². The van der Waals surface area contributed by atoms with E-state index < -0.39 is 10.8 Å². The van der Waals surface area contributed by atoms with Crippen LogP contribution in [0.15, 0.2) is 35.5 Å². The molecule has 124 valence electrons. The standard InChI is InChI=1S/C16H22N3O2S2/c1-4-12-23(20)15-17-16(22-18-15)21-11-10-19(13(2)3)14-8-6-5-7-9-14/h5-10,13H,4,11-12H2,1-3H3/q+1. The lowest BCUT2D eigenvalue weighted by atomic mass is 10.2. The Morgan fingerprint density at radius 2 is 2.09 bits per heavy atom. The van der Waals surface area contributed by atoms with Gasteiger partial charge in [0.1, 0.15) is 0 Å². The molecule has 0 radical (unpaired) electrons. The zero-order chi connectivity index (χ0) is 16.7. The van der Waals surface area contributed by atoms with E-state index in [-0.39, 0.29) is 0 Å². The lowest BCUT2D eigenvalue weighted by Crippen LogP contribution is -2.19. The van der Waals surface area contributed by atoms with E-state index in [9.17, 15) is 4.21 Å². The van der Waals surface area contributed by atoms with Crippen LogP contribution in [-0.2, 0) is 10.8 Å². The molecule has 1 heterocycles. The Labute approximate surface area is 143 Å². The van der Waals surface area contributed by atoms with E-state index in [4.69, 9.17) is 4.74 Å². The van der Waals surface area contributed by atoms with Crippen LogP contribution in [0.3, 0.4) is 0 Å². The number of rotatable bonds is 8. The van der Waals surface area contributed by atoms with Crippen LogP contribution in [0.1, 0.15) is 27.2 Å². The first-order valence-corrected chi connectivity index (χ1v) is 9.72. The van der Waals surface area contributed by atoms with E-state index in [0.717, 1.165) is 23.6 Å². The molecule has 1 aromatic heterocycles. The van der Waals surface area contributed by atoms with Gasteiger partial charge in [0.05, 0.1) is 10.8 Å². The molecule has 2 rings (SSSR count). The summed E-state index contributed by atoms with van der Waals surface area (Å²) >= 11 is 1.14. The Balaban J connectivity index is 2.00. The number of hydrogen-bond donors (Lipinski definition) is 0. The van der Waals surface area contributed by atoms with Crippen LogP contribution in [0.4, 0.5) is 5.69 Å². The van der Waals surface area contributed by atoms with E-state index in [0.29, 0.717) is 28.8 Å². The third-order valence-corrected chi connectivity index (χ3v) is 5.18. The molecule has 1 aromatic carbocycles. The second-order valence-electron chi connectivity index (χ2n) is 5.22. The third kappa shape index (κ3) is 5.21. The highest BCUT2D eigenvalue weighted by Gasteiger charge is 2.14. The van der Waals surface area contributed by atoms with Gasteiger partial charge in [-0.1, -0.05) is 25.1 Å². The highest BCUT2D eigenvalue weighted by molar-refractivity contribution is 7.84. The summed E-state index contributed by atoms with van der Waals surface area (Å²) in [6.07, 6.45) is 2.83. The Hall–Kier alpha value is -1.60. The van der Waals surface area contributed by atoms with Crippen molar-refractivity contribution in [3.63, 3.8) is 0 Å². The fraction of sp³-hybridized carbons (Fsp3) is 0.438. The first-order valence-electron chi connectivity index (χ1n) is 7.63. The quantitative estimate of drug-likeness (QED) is 0.540. The number of hydrogen-bond acceptors (Lipinski definition) is 5. The molecule has 0 saturated heterocycles. The van der Waals surface area contributed by atoms with Gasteiger partial charge in [0.25, 0.3) is 5.19 Å². The minimum Gasteiger partial charge on any atom is -0.458 e. The van der Waals surface area contributed by atoms with Gasteiger partial charge < -0.3 is 4.74 Å². The zero-order valence-electron chi connectivity index (χ0n) is 13.6. The molecule has 0 aliphatic carbocycles. The fourth-order valence-electron chi connectivity index (χ4n) is 2.03. The van der Waals surface area contributed by atoms with E-state index in [1.165, 1.54) is 0 Å². The summed E-state index contributed by atoms with van der Waals surface area (Å²) < 4.78 is 23.7. The summed E-state index contributed by atoms with van der Waals surface area (Å²) in [5.41, 5.74) is 1.12. The van der Waals surface area contributed by atoms with Crippen molar-refractivity contribution in [2.24, 2.45) is 0 Å². The molecule has 1 atom stereocenters. The molecule has 0 spiro atoms. The van der Waals surface area contributed by atoms with Gasteiger partial charge in [-0.05, 0) is 20.3 Å². The maximum absolute atomic E-state index is 11.8. The van der Waals surface area contributed by atoms with Crippen LogP contribution in [0.25, 0.3) is 0 Å². The Kier molecular flexibility index (Phi) is 6.85. The van der Waals surface area contributed by atoms with E-state index in [2.05, 4.69) is 39.9 Å². The topological polar surface area (TPSA) is 55.1 Å². The zero-order valence-corrected chi connectivity index (χ0v) is 15.3. The van der Waals surface area contributed by atoms with Gasteiger partial charge >= 0.3 is 0 Å². The van der Waals surface area contributed by atoms with Gasteiger partial charge in [-0.2, -0.15) is 13.9 Å². The molecule has 0 fully saturated rings. The van der Waals surface area contributed by atoms with Crippen molar-refractivity contribution in [1.29, 1.82) is 0 Å². The first-order chi connectivity index (χ1) is 11.1. The first kappa shape index (κ1) is 17.7. The molecule has 0 aliphatic rings. The Bertz CT molecular complexity index is 669. The van der Waals surface area contributed by atoms with E-state index in [1.807, 2.05) is 31.3 Å². The normalized spacial score (nSPS) is 13.3. The second-order valence-corrected chi connectivity index (χ2v) is 7.40. The van der Waals surface area contributed by atoms with Crippen molar-refractivity contribution in [3.05, 3.63) is 30.3 Å². The van der Waals surface area contributed by atoms with Crippen LogP contribution in [-0.4, -0.2) is 42.8 Å². The van der Waals surface area contributed by atoms with Crippen LogP contribution in [0.2, 0.25) is 0 Å². The fourth-order valence-corrected chi connectivity index (χ4v) is 3.71. The van der Waals surface area contributed by atoms with Crippen LogP contribution in [0, 0.1) is 0 Å². The number of aromatic nitrogens is 2. The van der Waals surface area contributed by atoms with E-state index in [1.54, 1.807) is 0 Å². The maximum Gasteiger partial charge on any atom is 0.294 e.